The summed E-state index contributed by atoms with van der Waals surface area (Å²) in [6.45, 7) is 3.28. The SMILES string of the molecule is NCC1CNC(CN)CN1. The van der Waals surface area contributed by atoms with Crippen LogP contribution >= 0.6 is 0 Å². The molecule has 1 aliphatic rings. The van der Waals surface area contributed by atoms with Crippen molar-refractivity contribution in [3.05, 3.63) is 0 Å². The monoisotopic (exact) mass is 144 g/mol. The second kappa shape index (κ2) is 3.88. The van der Waals surface area contributed by atoms with E-state index in [4.69, 9.17) is 11.5 Å². The van der Waals surface area contributed by atoms with Gasteiger partial charge in [0.25, 0.3) is 0 Å². The van der Waals surface area contributed by atoms with Gasteiger partial charge in [-0.05, 0) is 0 Å². The van der Waals surface area contributed by atoms with Gasteiger partial charge in [-0.1, -0.05) is 0 Å². The standard InChI is InChI=1S/C6H16N4/c7-1-5-3-10-6(2-8)4-9-5/h5-6,9-10H,1-4,7-8H2. The van der Waals surface area contributed by atoms with Crippen LogP contribution < -0.4 is 22.1 Å². The predicted octanol–water partition coefficient (Wildman–Crippen LogP) is -2.17. The molecule has 1 saturated heterocycles. The molecule has 2 unspecified atom stereocenters. The third kappa shape index (κ3) is 1.91. The van der Waals surface area contributed by atoms with Gasteiger partial charge in [0.05, 0.1) is 0 Å². The van der Waals surface area contributed by atoms with E-state index in [2.05, 4.69) is 10.6 Å². The summed E-state index contributed by atoms with van der Waals surface area (Å²) in [6.07, 6.45) is 0. The van der Waals surface area contributed by atoms with Gasteiger partial charge in [0.1, 0.15) is 0 Å². The highest BCUT2D eigenvalue weighted by atomic mass is 15.1. The number of piperazine rings is 1. The maximum atomic E-state index is 5.46. The molecule has 1 rings (SSSR count). The summed E-state index contributed by atoms with van der Waals surface area (Å²) in [5, 5.41) is 6.60. The third-order valence-corrected chi connectivity index (χ3v) is 1.87. The van der Waals surface area contributed by atoms with Gasteiger partial charge < -0.3 is 22.1 Å². The molecule has 0 aromatic rings. The molecule has 0 radical (unpaired) electrons. The molecule has 4 heteroatoms. The van der Waals surface area contributed by atoms with Gasteiger partial charge in [-0.25, -0.2) is 0 Å². The van der Waals surface area contributed by atoms with Crippen LogP contribution in [0.1, 0.15) is 0 Å². The van der Waals surface area contributed by atoms with Crippen molar-refractivity contribution in [1.29, 1.82) is 0 Å². The van der Waals surface area contributed by atoms with E-state index >= 15 is 0 Å². The fourth-order valence-electron chi connectivity index (χ4n) is 1.10. The largest absolute Gasteiger partial charge is 0.329 e. The second-order valence-electron chi connectivity index (χ2n) is 2.68. The minimum atomic E-state index is 0.433. The van der Waals surface area contributed by atoms with Crippen LogP contribution in [0.4, 0.5) is 0 Å². The zero-order valence-electron chi connectivity index (χ0n) is 6.14. The molecular formula is C6H16N4. The van der Waals surface area contributed by atoms with Crippen molar-refractivity contribution in [3.63, 3.8) is 0 Å². The lowest BCUT2D eigenvalue weighted by molar-refractivity contribution is 0.354. The Bertz CT molecular complexity index is 75.7. The number of nitrogens with one attached hydrogen (secondary N) is 2. The summed E-state index contributed by atoms with van der Waals surface area (Å²) >= 11 is 0. The molecule has 1 heterocycles. The first-order chi connectivity index (χ1) is 4.86. The molecule has 10 heavy (non-hydrogen) atoms. The lowest BCUT2D eigenvalue weighted by Gasteiger charge is -2.29. The molecule has 0 aliphatic carbocycles. The molecule has 4 nitrogen and oxygen atoms in total. The Kier molecular flexibility index (Phi) is 3.08. The molecule has 0 aromatic heterocycles. The normalized spacial score (nSPS) is 34.2. The molecule has 2 atom stereocenters. The van der Waals surface area contributed by atoms with E-state index in [9.17, 15) is 0 Å². The Morgan fingerprint density at radius 3 is 1.60 bits per heavy atom. The number of rotatable bonds is 2. The van der Waals surface area contributed by atoms with Crippen molar-refractivity contribution < 1.29 is 0 Å². The molecule has 60 valence electrons. The summed E-state index contributed by atoms with van der Waals surface area (Å²) in [6, 6.07) is 0.866. The number of nitrogens with two attached hydrogens (primary N) is 2. The summed E-state index contributed by atoms with van der Waals surface area (Å²) in [4.78, 5) is 0. The van der Waals surface area contributed by atoms with Crippen molar-refractivity contribution in [2.24, 2.45) is 11.5 Å². The van der Waals surface area contributed by atoms with Gasteiger partial charge in [0, 0.05) is 38.3 Å². The Balaban J connectivity index is 2.17. The Morgan fingerprint density at radius 1 is 1.00 bits per heavy atom. The van der Waals surface area contributed by atoms with Crippen molar-refractivity contribution in [1.82, 2.24) is 10.6 Å². The molecule has 6 N–H and O–H groups in total. The van der Waals surface area contributed by atoms with Gasteiger partial charge in [0.2, 0.25) is 0 Å². The summed E-state index contributed by atoms with van der Waals surface area (Å²) in [5.41, 5.74) is 10.9. The van der Waals surface area contributed by atoms with Crippen LogP contribution in [0, 0.1) is 0 Å². The third-order valence-electron chi connectivity index (χ3n) is 1.87. The van der Waals surface area contributed by atoms with Crippen LogP contribution in [0.15, 0.2) is 0 Å². The van der Waals surface area contributed by atoms with E-state index in [0.29, 0.717) is 25.2 Å². The van der Waals surface area contributed by atoms with Crippen LogP contribution in [0.25, 0.3) is 0 Å². The Labute approximate surface area is 61.3 Å². The maximum Gasteiger partial charge on any atom is 0.0316 e. The fraction of sp³-hybridized carbons (Fsp3) is 1.00. The molecule has 0 aromatic carbocycles. The van der Waals surface area contributed by atoms with Gasteiger partial charge in [-0.2, -0.15) is 0 Å². The summed E-state index contributed by atoms with van der Waals surface area (Å²) in [7, 11) is 0. The van der Waals surface area contributed by atoms with Crippen LogP contribution in [-0.4, -0.2) is 38.3 Å². The van der Waals surface area contributed by atoms with Crippen LogP contribution in [0.5, 0.6) is 0 Å². The van der Waals surface area contributed by atoms with Crippen LogP contribution in [-0.2, 0) is 0 Å². The van der Waals surface area contributed by atoms with Gasteiger partial charge in [-0.3, -0.25) is 0 Å². The Hall–Kier alpha value is -0.160. The molecule has 0 spiro atoms. The molecule has 1 aliphatic heterocycles. The van der Waals surface area contributed by atoms with E-state index in [1.807, 2.05) is 0 Å². The predicted molar refractivity (Wildman–Crippen MR) is 41.7 cm³/mol. The average molecular weight is 144 g/mol. The lowest BCUT2D eigenvalue weighted by Crippen LogP contribution is -2.58. The number of hydrogen-bond donors (Lipinski definition) is 4. The minimum Gasteiger partial charge on any atom is -0.329 e. The highest BCUT2D eigenvalue weighted by molar-refractivity contribution is 4.83. The molecule has 0 saturated carbocycles. The second-order valence-corrected chi connectivity index (χ2v) is 2.68. The first-order valence-electron chi connectivity index (χ1n) is 3.73. The van der Waals surface area contributed by atoms with Crippen molar-refractivity contribution in [3.8, 4) is 0 Å². The van der Waals surface area contributed by atoms with Crippen molar-refractivity contribution in [2.75, 3.05) is 26.2 Å². The Morgan fingerprint density at radius 2 is 1.40 bits per heavy atom. The zero-order chi connectivity index (χ0) is 7.40. The van der Waals surface area contributed by atoms with Crippen LogP contribution in [0.2, 0.25) is 0 Å². The molecule has 0 amide bonds. The van der Waals surface area contributed by atoms with E-state index in [1.165, 1.54) is 0 Å². The minimum absolute atomic E-state index is 0.433. The van der Waals surface area contributed by atoms with Crippen LogP contribution in [0.3, 0.4) is 0 Å². The van der Waals surface area contributed by atoms with E-state index in [-0.39, 0.29) is 0 Å². The van der Waals surface area contributed by atoms with E-state index in [0.717, 1.165) is 13.1 Å². The van der Waals surface area contributed by atoms with Crippen molar-refractivity contribution in [2.45, 2.75) is 12.1 Å². The highest BCUT2D eigenvalue weighted by Crippen LogP contribution is 1.89. The zero-order valence-corrected chi connectivity index (χ0v) is 6.14. The van der Waals surface area contributed by atoms with Gasteiger partial charge in [-0.15, -0.1) is 0 Å². The van der Waals surface area contributed by atoms with E-state index < -0.39 is 0 Å². The summed E-state index contributed by atoms with van der Waals surface area (Å²) in [5.74, 6) is 0. The summed E-state index contributed by atoms with van der Waals surface area (Å²) < 4.78 is 0. The maximum absolute atomic E-state index is 5.46. The smallest absolute Gasteiger partial charge is 0.0316 e. The van der Waals surface area contributed by atoms with Gasteiger partial charge >= 0.3 is 0 Å². The molecule has 1 fully saturated rings. The quantitative estimate of drug-likeness (QED) is 0.356. The highest BCUT2D eigenvalue weighted by Gasteiger charge is 2.16. The topological polar surface area (TPSA) is 76.1 Å². The average Bonchev–Trinajstić information content (AvgIpc) is 2.05. The van der Waals surface area contributed by atoms with Gasteiger partial charge in [0.15, 0.2) is 0 Å². The molecule has 0 bridgehead atoms. The first kappa shape index (κ1) is 7.94. The number of hydrogen-bond acceptors (Lipinski definition) is 4. The van der Waals surface area contributed by atoms with E-state index in [1.54, 1.807) is 0 Å². The fourth-order valence-corrected chi connectivity index (χ4v) is 1.10. The lowest BCUT2D eigenvalue weighted by atomic mass is 10.1. The molecular weight excluding hydrogens is 128 g/mol. The first-order valence-corrected chi connectivity index (χ1v) is 3.73. The van der Waals surface area contributed by atoms with Crippen molar-refractivity contribution >= 4 is 0 Å².